The van der Waals surface area contributed by atoms with E-state index in [2.05, 4.69) is 10.1 Å². The lowest BCUT2D eigenvalue weighted by Gasteiger charge is -2.28. The van der Waals surface area contributed by atoms with Crippen molar-refractivity contribution in [1.29, 1.82) is 0 Å². The van der Waals surface area contributed by atoms with Crippen molar-refractivity contribution in [1.82, 2.24) is 10.2 Å². The number of hydrogen-bond donors (Lipinski definition) is 1. The van der Waals surface area contributed by atoms with Crippen molar-refractivity contribution in [3.05, 3.63) is 107 Å². The molecule has 0 spiro atoms. The molecule has 0 aliphatic rings. The van der Waals surface area contributed by atoms with E-state index < -0.39 is 5.97 Å². The van der Waals surface area contributed by atoms with Gasteiger partial charge in [-0.1, -0.05) is 54.6 Å². The van der Waals surface area contributed by atoms with Gasteiger partial charge in [0.2, 0.25) is 5.91 Å². The number of hydrogen-bond acceptors (Lipinski definition) is 4. The Bertz CT molecular complexity index is 1010. The number of nitrogens with zero attached hydrogens (tertiary/aromatic N) is 1. The fraction of sp³-hybridized carbons (Fsp3) is 0.200. The highest BCUT2D eigenvalue weighted by atomic mass is 19.1. The lowest BCUT2D eigenvalue weighted by atomic mass is 9.97. The molecule has 0 aromatic heterocycles. The van der Waals surface area contributed by atoms with Crippen molar-refractivity contribution in [3.8, 4) is 0 Å². The van der Waals surface area contributed by atoms with E-state index >= 15 is 0 Å². The molecule has 0 saturated carbocycles. The third kappa shape index (κ3) is 5.99. The van der Waals surface area contributed by atoms with Crippen LogP contribution in [-0.4, -0.2) is 37.5 Å². The third-order valence-electron chi connectivity index (χ3n) is 5.00. The van der Waals surface area contributed by atoms with Crippen molar-refractivity contribution in [2.75, 3.05) is 20.7 Å². The summed E-state index contributed by atoms with van der Waals surface area (Å²) < 4.78 is 18.1. The number of rotatable bonds is 8. The first-order valence-electron chi connectivity index (χ1n) is 9.92. The minimum atomic E-state index is -0.398. The highest BCUT2D eigenvalue weighted by Gasteiger charge is 2.21. The van der Waals surface area contributed by atoms with Gasteiger partial charge < -0.3 is 10.1 Å². The minimum absolute atomic E-state index is 0.136. The van der Waals surface area contributed by atoms with Gasteiger partial charge in [-0.3, -0.25) is 9.69 Å². The third-order valence-corrected chi connectivity index (χ3v) is 5.00. The van der Waals surface area contributed by atoms with Gasteiger partial charge in [-0.05, 0) is 48.0 Å². The lowest BCUT2D eigenvalue weighted by molar-refractivity contribution is -0.122. The van der Waals surface area contributed by atoms with Gasteiger partial charge in [-0.2, -0.15) is 0 Å². The summed E-state index contributed by atoms with van der Waals surface area (Å²) >= 11 is 0. The molecule has 3 aromatic rings. The van der Waals surface area contributed by atoms with Crippen LogP contribution in [0.4, 0.5) is 4.39 Å². The summed E-state index contributed by atoms with van der Waals surface area (Å²) in [7, 11) is 3.20. The highest BCUT2D eigenvalue weighted by molar-refractivity contribution is 5.89. The Morgan fingerprint density at radius 2 is 1.55 bits per heavy atom. The number of amides is 1. The quantitative estimate of drug-likeness (QED) is 0.561. The fourth-order valence-corrected chi connectivity index (χ4v) is 3.43. The Morgan fingerprint density at radius 3 is 2.16 bits per heavy atom. The van der Waals surface area contributed by atoms with Crippen molar-refractivity contribution < 1.29 is 18.7 Å². The summed E-state index contributed by atoms with van der Waals surface area (Å²) in [4.78, 5) is 26.0. The summed E-state index contributed by atoms with van der Waals surface area (Å²) in [5.74, 6) is -0.832. The average Bonchev–Trinajstić information content (AvgIpc) is 2.79. The van der Waals surface area contributed by atoms with Gasteiger partial charge in [0.05, 0.1) is 25.3 Å². The number of likely N-dealkylation sites (N-methyl/N-ethyl adjacent to an activating group) is 1. The van der Waals surface area contributed by atoms with Crippen molar-refractivity contribution in [2.45, 2.75) is 12.6 Å². The van der Waals surface area contributed by atoms with E-state index in [1.165, 1.54) is 19.2 Å². The molecule has 0 aliphatic heterocycles. The van der Waals surface area contributed by atoms with Gasteiger partial charge in [-0.15, -0.1) is 0 Å². The molecule has 0 saturated heterocycles. The Balaban J connectivity index is 1.65. The smallest absolute Gasteiger partial charge is 0.337 e. The summed E-state index contributed by atoms with van der Waals surface area (Å²) in [6.07, 6.45) is 0. The molecule has 3 rings (SSSR count). The summed E-state index contributed by atoms with van der Waals surface area (Å²) in [6, 6.07) is 22.8. The number of halogens is 1. The Kier molecular flexibility index (Phi) is 7.51. The van der Waals surface area contributed by atoms with E-state index in [4.69, 9.17) is 0 Å². The molecule has 0 radical (unpaired) electrons. The second-order valence-electron chi connectivity index (χ2n) is 7.25. The number of nitrogens with one attached hydrogen (secondary N) is 1. The van der Waals surface area contributed by atoms with Crippen molar-refractivity contribution in [3.63, 3.8) is 0 Å². The molecule has 0 fully saturated rings. The van der Waals surface area contributed by atoms with Crippen LogP contribution in [0.2, 0.25) is 0 Å². The van der Waals surface area contributed by atoms with Crippen LogP contribution < -0.4 is 5.32 Å². The predicted octanol–water partition coefficient (Wildman–Crippen LogP) is 3.95. The van der Waals surface area contributed by atoms with Crippen LogP contribution in [0.5, 0.6) is 0 Å². The fourth-order valence-electron chi connectivity index (χ4n) is 3.43. The molecule has 1 N–H and O–H groups in total. The number of esters is 1. The molecule has 1 unspecified atom stereocenters. The van der Waals surface area contributed by atoms with E-state index in [-0.39, 0.29) is 24.3 Å². The Labute approximate surface area is 181 Å². The molecule has 160 valence electrons. The summed E-state index contributed by atoms with van der Waals surface area (Å²) in [5.41, 5.74) is 3.26. The molecule has 1 atom stereocenters. The maximum atomic E-state index is 13.4. The second kappa shape index (κ2) is 10.5. The number of methoxy groups -OCH3 is 1. The maximum absolute atomic E-state index is 13.4. The number of ether oxygens (including phenoxy) is 1. The minimum Gasteiger partial charge on any atom is -0.465 e. The number of carbonyl (C=O) groups excluding carboxylic acids is 2. The molecular weight excluding hydrogens is 395 g/mol. The van der Waals surface area contributed by atoms with Crippen molar-refractivity contribution in [2.24, 2.45) is 0 Å². The first-order valence-corrected chi connectivity index (χ1v) is 9.92. The number of carbonyl (C=O) groups is 2. The van der Waals surface area contributed by atoms with Crippen LogP contribution in [0.15, 0.2) is 78.9 Å². The topological polar surface area (TPSA) is 58.6 Å². The molecule has 0 aliphatic carbocycles. The maximum Gasteiger partial charge on any atom is 0.337 e. The molecule has 5 nitrogen and oxygen atoms in total. The van der Waals surface area contributed by atoms with E-state index in [1.807, 2.05) is 42.3 Å². The Hall–Kier alpha value is -3.51. The standard InChI is InChI=1S/C25H25FN2O3/c1-28(17-23(29)27-16-18-8-10-21(11-9-18)25(30)31-2)24(19-6-4-3-5-7-19)20-12-14-22(26)15-13-20/h3-15,24H,16-17H2,1-2H3,(H,27,29). The molecular formula is C25H25FN2O3. The van der Waals surface area contributed by atoms with Crippen LogP contribution in [0.25, 0.3) is 0 Å². The van der Waals surface area contributed by atoms with Gasteiger partial charge in [0.1, 0.15) is 5.82 Å². The monoisotopic (exact) mass is 420 g/mol. The van der Waals surface area contributed by atoms with Crippen molar-refractivity contribution >= 4 is 11.9 Å². The van der Waals surface area contributed by atoms with Crippen LogP contribution >= 0.6 is 0 Å². The van der Waals surface area contributed by atoms with Crippen LogP contribution in [0.3, 0.4) is 0 Å². The molecule has 0 bridgehead atoms. The van der Waals surface area contributed by atoms with E-state index in [1.54, 1.807) is 36.4 Å². The SMILES string of the molecule is COC(=O)c1ccc(CNC(=O)CN(C)C(c2ccccc2)c2ccc(F)cc2)cc1. The second-order valence-corrected chi connectivity index (χ2v) is 7.25. The number of benzene rings is 3. The van der Waals surface area contributed by atoms with Gasteiger partial charge >= 0.3 is 5.97 Å². The molecule has 0 heterocycles. The van der Waals surface area contributed by atoms with Gasteiger partial charge in [0.25, 0.3) is 0 Å². The van der Waals surface area contributed by atoms with Gasteiger partial charge in [0.15, 0.2) is 0 Å². The normalized spacial score (nSPS) is 11.7. The van der Waals surface area contributed by atoms with E-state index in [9.17, 15) is 14.0 Å². The zero-order valence-corrected chi connectivity index (χ0v) is 17.5. The average molecular weight is 420 g/mol. The molecule has 1 amide bonds. The largest absolute Gasteiger partial charge is 0.465 e. The van der Waals surface area contributed by atoms with Crippen LogP contribution in [0.1, 0.15) is 33.1 Å². The zero-order chi connectivity index (χ0) is 22.2. The van der Waals surface area contributed by atoms with Crippen LogP contribution in [0, 0.1) is 5.82 Å². The van der Waals surface area contributed by atoms with Gasteiger partial charge in [0, 0.05) is 6.54 Å². The first kappa shape index (κ1) is 22.2. The molecule has 3 aromatic carbocycles. The van der Waals surface area contributed by atoms with Gasteiger partial charge in [-0.25, -0.2) is 9.18 Å². The first-order chi connectivity index (χ1) is 15.0. The summed E-state index contributed by atoms with van der Waals surface area (Å²) in [5, 5.41) is 2.90. The summed E-state index contributed by atoms with van der Waals surface area (Å²) in [6.45, 7) is 0.512. The Morgan fingerprint density at radius 1 is 0.935 bits per heavy atom. The van der Waals surface area contributed by atoms with E-state index in [0.29, 0.717) is 12.1 Å². The van der Waals surface area contributed by atoms with E-state index in [0.717, 1.165) is 16.7 Å². The molecule has 31 heavy (non-hydrogen) atoms. The zero-order valence-electron chi connectivity index (χ0n) is 17.5. The van der Waals surface area contributed by atoms with Crippen LogP contribution in [-0.2, 0) is 16.1 Å². The molecule has 6 heteroatoms. The highest BCUT2D eigenvalue weighted by Crippen LogP contribution is 2.27. The lowest BCUT2D eigenvalue weighted by Crippen LogP contribution is -2.37. The predicted molar refractivity (Wildman–Crippen MR) is 117 cm³/mol.